The van der Waals surface area contributed by atoms with Gasteiger partial charge in [-0.2, -0.15) is 0 Å². The number of rotatable bonds is 5. The molecular formula is C19H18N4O4S. The number of carbonyl (C=O) groups excluding carboxylic acids is 1. The Morgan fingerprint density at radius 2 is 2.14 bits per heavy atom. The number of aryl methyl sites for hydroxylation is 1. The predicted octanol–water partition coefficient (Wildman–Crippen LogP) is 2.34. The van der Waals surface area contributed by atoms with Gasteiger partial charge in [-0.1, -0.05) is 12.1 Å². The van der Waals surface area contributed by atoms with Crippen LogP contribution in [0.25, 0.3) is 0 Å². The highest BCUT2D eigenvalue weighted by molar-refractivity contribution is 7.09. The van der Waals surface area contributed by atoms with Crippen molar-refractivity contribution >= 4 is 23.2 Å². The van der Waals surface area contributed by atoms with Crippen LogP contribution in [-0.2, 0) is 24.5 Å². The number of hydrogen-bond donors (Lipinski definition) is 1. The normalized spacial score (nSPS) is 15.9. The number of amides is 1. The molecule has 0 saturated heterocycles. The molecule has 0 fully saturated rings. The van der Waals surface area contributed by atoms with E-state index >= 15 is 0 Å². The number of aliphatic carboxylic acids is 1. The summed E-state index contributed by atoms with van der Waals surface area (Å²) in [5, 5.41) is 19.6. The Balaban J connectivity index is 1.56. The minimum absolute atomic E-state index is 0.0942. The van der Waals surface area contributed by atoms with Crippen molar-refractivity contribution in [2.24, 2.45) is 0 Å². The Bertz CT molecular complexity index is 1010. The molecule has 1 unspecified atom stereocenters. The molecule has 8 nitrogen and oxygen atoms in total. The summed E-state index contributed by atoms with van der Waals surface area (Å²) in [4.78, 5) is 27.2. The summed E-state index contributed by atoms with van der Waals surface area (Å²) < 4.78 is 7.50. The van der Waals surface area contributed by atoms with Crippen LogP contribution in [0.2, 0.25) is 0 Å². The maximum atomic E-state index is 13.1. The molecule has 4 rings (SSSR count). The molecule has 1 aliphatic rings. The third-order valence-electron chi connectivity index (χ3n) is 4.64. The lowest BCUT2D eigenvalue weighted by Gasteiger charge is -2.33. The lowest BCUT2D eigenvalue weighted by Crippen LogP contribution is -2.50. The van der Waals surface area contributed by atoms with Crippen molar-refractivity contribution in [1.29, 1.82) is 0 Å². The maximum absolute atomic E-state index is 13.1. The predicted molar refractivity (Wildman–Crippen MR) is 101 cm³/mol. The fourth-order valence-electron chi connectivity index (χ4n) is 3.17. The molecule has 1 aliphatic heterocycles. The quantitative estimate of drug-likeness (QED) is 0.708. The van der Waals surface area contributed by atoms with Crippen molar-refractivity contribution in [2.45, 2.75) is 32.7 Å². The number of fused-ring (bicyclic) bond motifs is 1. The second-order valence-electron chi connectivity index (χ2n) is 6.46. The summed E-state index contributed by atoms with van der Waals surface area (Å²) >= 11 is 1.59. The van der Waals surface area contributed by atoms with Crippen molar-refractivity contribution in [3.63, 3.8) is 0 Å². The van der Waals surface area contributed by atoms with Crippen LogP contribution in [0.5, 0.6) is 5.75 Å². The highest BCUT2D eigenvalue weighted by Gasteiger charge is 2.36. The van der Waals surface area contributed by atoms with Gasteiger partial charge in [-0.25, -0.2) is 4.79 Å². The molecule has 0 radical (unpaired) electrons. The molecule has 0 saturated carbocycles. The largest absolute Gasteiger partial charge is 0.488 e. The van der Waals surface area contributed by atoms with Gasteiger partial charge in [0.15, 0.2) is 5.82 Å². The van der Waals surface area contributed by atoms with Crippen molar-refractivity contribution in [3.8, 4) is 5.75 Å². The van der Waals surface area contributed by atoms with Gasteiger partial charge in [0, 0.05) is 10.4 Å². The molecule has 1 N–H and O–H groups in total. The van der Waals surface area contributed by atoms with E-state index in [-0.39, 0.29) is 19.0 Å². The second-order valence-corrected chi connectivity index (χ2v) is 7.49. The van der Waals surface area contributed by atoms with Crippen LogP contribution in [-0.4, -0.2) is 42.7 Å². The Hall–Kier alpha value is -3.20. The minimum Gasteiger partial charge on any atom is -0.488 e. The van der Waals surface area contributed by atoms with Crippen molar-refractivity contribution in [1.82, 2.24) is 19.7 Å². The minimum atomic E-state index is -1.06. The van der Waals surface area contributed by atoms with Crippen LogP contribution in [0, 0.1) is 6.92 Å². The van der Waals surface area contributed by atoms with Crippen LogP contribution in [0.15, 0.2) is 41.8 Å². The van der Waals surface area contributed by atoms with Gasteiger partial charge in [-0.05, 0) is 36.6 Å². The van der Waals surface area contributed by atoms with Crippen LogP contribution in [0.3, 0.4) is 0 Å². The second kappa shape index (κ2) is 7.43. The lowest BCUT2D eigenvalue weighted by molar-refractivity contribution is -0.143. The first-order chi connectivity index (χ1) is 13.5. The van der Waals surface area contributed by atoms with E-state index in [0.29, 0.717) is 29.6 Å². The lowest BCUT2D eigenvalue weighted by atomic mass is 10.1. The number of thiophene rings is 1. The summed E-state index contributed by atoms with van der Waals surface area (Å²) in [5.41, 5.74) is 0.375. The monoisotopic (exact) mass is 398 g/mol. The Morgan fingerprint density at radius 1 is 1.29 bits per heavy atom. The molecular weight excluding hydrogens is 380 g/mol. The number of nitrogens with zero attached hydrogens (tertiary/aromatic N) is 4. The first kappa shape index (κ1) is 18.2. The Morgan fingerprint density at radius 3 is 2.89 bits per heavy atom. The topological polar surface area (TPSA) is 97.5 Å². The van der Waals surface area contributed by atoms with Crippen LogP contribution >= 0.6 is 11.3 Å². The Kier molecular flexibility index (Phi) is 4.82. The van der Waals surface area contributed by atoms with Crippen LogP contribution < -0.4 is 4.74 Å². The van der Waals surface area contributed by atoms with Crippen LogP contribution in [0.4, 0.5) is 0 Å². The molecule has 0 spiro atoms. The third kappa shape index (κ3) is 3.48. The van der Waals surface area contributed by atoms with E-state index in [1.54, 1.807) is 47.1 Å². The molecule has 3 aromatic rings. The summed E-state index contributed by atoms with van der Waals surface area (Å²) in [6.45, 7) is 2.40. The summed E-state index contributed by atoms with van der Waals surface area (Å²) in [5.74, 6) is 0.339. The molecule has 9 heteroatoms. The van der Waals surface area contributed by atoms with Gasteiger partial charge in [0.2, 0.25) is 0 Å². The molecule has 3 heterocycles. The third-order valence-corrected chi connectivity index (χ3v) is 5.49. The molecule has 1 aromatic carbocycles. The van der Waals surface area contributed by atoms with E-state index in [2.05, 4.69) is 10.2 Å². The van der Waals surface area contributed by atoms with Crippen molar-refractivity contribution in [2.75, 3.05) is 0 Å². The number of hydrogen-bond acceptors (Lipinski definition) is 6. The van der Waals surface area contributed by atoms with E-state index < -0.39 is 12.0 Å². The van der Waals surface area contributed by atoms with E-state index in [1.165, 1.54) is 4.90 Å². The fraction of sp³-hybridized carbons (Fsp3) is 0.263. The zero-order chi connectivity index (χ0) is 19.7. The highest BCUT2D eigenvalue weighted by Crippen LogP contribution is 2.23. The first-order valence-electron chi connectivity index (χ1n) is 8.70. The van der Waals surface area contributed by atoms with Gasteiger partial charge < -0.3 is 19.3 Å². The SMILES string of the molecule is Cc1nnc2n1CC(C(=O)O)N(C(=O)c1cccc(OCc3cccs3)c1)C2. The molecule has 2 aromatic heterocycles. The standard InChI is InChI=1S/C19H18N4O4S/c1-12-20-21-17-10-23(16(19(25)26)9-22(12)17)18(24)13-4-2-5-14(8-13)27-11-15-6-3-7-28-15/h2-8,16H,9-11H2,1H3,(H,25,26). The number of carboxylic acids is 1. The fourth-order valence-corrected chi connectivity index (χ4v) is 3.79. The first-order valence-corrected chi connectivity index (χ1v) is 9.58. The van der Waals surface area contributed by atoms with E-state index in [4.69, 9.17) is 4.74 Å². The Labute approximate surface area is 165 Å². The van der Waals surface area contributed by atoms with Gasteiger partial charge in [0.25, 0.3) is 5.91 Å². The molecule has 0 bridgehead atoms. The van der Waals surface area contributed by atoms with Crippen LogP contribution in [0.1, 0.15) is 26.9 Å². The van der Waals surface area contributed by atoms with E-state index in [1.807, 2.05) is 17.5 Å². The van der Waals surface area contributed by atoms with Gasteiger partial charge in [-0.3, -0.25) is 4.79 Å². The smallest absolute Gasteiger partial charge is 0.328 e. The summed E-state index contributed by atoms with van der Waals surface area (Å²) in [6, 6.07) is 9.74. The van der Waals surface area contributed by atoms with Gasteiger partial charge in [-0.15, -0.1) is 21.5 Å². The molecule has 0 aliphatic carbocycles. The molecule has 28 heavy (non-hydrogen) atoms. The zero-order valence-electron chi connectivity index (χ0n) is 15.1. The van der Waals surface area contributed by atoms with Gasteiger partial charge >= 0.3 is 5.97 Å². The molecule has 1 amide bonds. The van der Waals surface area contributed by atoms with E-state index in [9.17, 15) is 14.7 Å². The molecule has 144 valence electrons. The average molecular weight is 398 g/mol. The number of aromatic nitrogens is 3. The summed E-state index contributed by atoms with van der Waals surface area (Å²) in [6.07, 6.45) is 0. The maximum Gasteiger partial charge on any atom is 0.328 e. The number of benzene rings is 1. The number of carbonyl (C=O) groups is 2. The van der Waals surface area contributed by atoms with E-state index in [0.717, 1.165) is 4.88 Å². The summed E-state index contributed by atoms with van der Waals surface area (Å²) in [7, 11) is 0. The average Bonchev–Trinajstić information content (AvgIpc) is 3.35. The zero-order valence-corrected chi connectivity index (χ0v) is 15.9. The number of carboxylic acid groups (broad SMARTS) is 1. The van der Waals surface area contributed by atoms with Gasteiger partial charge in [0.1, 0.15) is 24.2 Å². The van der Waals surface area contributed by atoms with Crippen molar-refractivity contribution < 1.29 is 19.4 Å². The molecule has 1 atom stereocenters. The number of ether oxygens (including phenoxy) is 1. The van der Waals surface area contributed by atoms with Gasteiger partial charge in [0.05, 0.1) is 13.1 Å². The highest BCUT2D eigenvalue weighted by atomic mass is 32.1. The van der Waals surface area contributed by atoms with Crippen molar-refractivity contribution in [3.05, 3.63) is 63.9 Å².